The first-order valence-corrected chi connectivity index (χ1v) is 6.22. The maximum Gasteiger partial charge on any atom is 0.303 e. The molecule has 0 bridgehead atoms. The van der Waals surface area contributed by atoms with Crippen molar-refractivity contribution in [2.24, 2.45) is 0 Å². The first kappa shape index (κ1) is 13.3. The predicted molar refractivity (Wildman–Crippen MR) is 70.1 cm³/mol. The minimum atomic E-state index is -0.763. The van der Waals surface area contributed by atoms with Gasteiger partial charge in [0.1, 0.15) is 5.82 Å². The van der Waals surface area contributed by atoms with Crippen molar-refractivity contribution in [3.8, 4) is 0 Å². The van der Waals surface area contributed by atoms with E-state index in [0.29, 0.717) is 17.9 Å². The summed E-state index contributed by atoms with van der Waals surface area (Å²) in [6, 6.07) is 0.134. The molecule has 1 atom stereocenters. The fraction of sp³-hybridized carbons (Fsp3) is 0.500. The summed E-state index contributed by atoms with van der Waals surface area (Å²) in [5.74, 6) is 0.713. The Balaban J connectivity index is 2.02. The zero-order valence-corrected chi connectivity index (χ0v) is 11.0. The minimum absolute atomic E-state index is 0.134. The second-order valence-electron chi connectivity index (χ2n) is 4.55. The number of rotatable bonds is 6. The lowest BCUT2D eigenvalue weighted by Gasteiger charge is -2.14. The van der Waals surface area contributed by atoms with E-state index in [1.165, 1.54) is 0 Å². The number of fused-ring (bicyclic) bond motifs is 1. The highest BCUT2D eigenvalue weighted by molar-refractivity contribution is 5.66. The van der Waals surface area contributed by atoms with E-state index >= 15 is 0 Å². The quantitative estimate of drug-likeness (QED) is 0.820. The van der Waals surface area contributed by atoms with Crippen LogP contribution in [0.3, 0.4) is 0 Å². The lowest BCUT2D eigenvalue weighted by atomic mass is 10.1. The van der Waals surface area contributed by atoms with E-state index in [1.54, 1.807) is 6.20 Å². The van der Waals surface area contributed by atoms with Gasteiger partial charge in [-0.3, -0.25) is 9.20 Å². The third kappa shape index (κ3) is 3.18. The molecule has 0 radical (unpaired) electrons. The van der Waals surface area contributed by atoms with Gasteiger partial charge in [0.15, 0.2) is 5.82 Å². The highest BCUT2D eigenvalue weighted by Gasteiger charge is 2.10. The van der Waals surface area contributed by atoms with Crippen molar-refractivity contribution in [2.45, 2.75) is 39.2 Å². The lowest BCUT2D eigenvalue weighted by molar-refractivity contribution is -0.137. The number of nitrogens with one attached hydrogen (secondary N) is 1. The van der Waals surface area contributed by atoms with E-state index in [-0.39, 0.29) is 12.5 Å². The molecule has 0 aliphatic heterocycles. The van der Waals surface area contributed by atoms with Crippen LogP contribution in [0.15, 0.2) is 12.4 Å². The van der Waals surface area contributed by atoms with Crippen molar-refractivity contribution in [3.05, 3.63) is 18.2 Å². The Bertz CT molecular complexity index is 581. The molecular formula is C12H17N5O2. The highest BCUT2D eigenvalue weighted by atomic mass is 16.4. The van der Waals surface area contributed by atoms with Crippen molar-refractivity contribution < 1.29 is 9.90 Å². The van der Waals surface area contributed by atoms with Crippen molar-refractivity contribution in [1.82, 2.24) is 19.6 Å². The molecule has 7 heteroatoms. The molecule has 2 heterocycles. The van der Waals surface area contributed by atoms with E-state index in [4.69, 9.17) is 5.11 Å². The Kier molecular flexibility index (Phi) is 3.94. The molecule has 0 spiro atoms. The SMILES string of the molecule is Cc1nnc2c(NC(C)CCCC(=O)O)nccn12. The van der Waals surface area contributed by atoms with Crippen LogP contribution in [0, 0.1) is 6.92 Å². The Morgan fingerprint density at radius 3 is 3.05 bits per heavy atom. The molecule has 0 aliphatic carbocycles. The maximum atomic E-state index is 10.5. The van der Waals surface area contributed by atoms with Crippen LogP contribution in [-0.4, -0.2) is 36.7 Å². The average molecular weight is 263 g/mol. The second-order valence-corrected chi connectivity index (χ2v) is 4.55. The number of hydrogen-bond donors (Lipinski definition) is 2. The number of anilines is 1. The van der Waals surface area contributed by atoms with E-state index in [0.717, 1.165) is 12.2 Å². The smallest absolute Gasteiger partial charge is 0.303 e. The molecule has 102 valence electrons. The normalized spacial score (nSPS) is 12.5. The summed E-state index contributed by atoms with van der Waals surface area (Å²) in [6.07, 6.45) is 5.09. The van der Waals surface area contributed by atoms with Crippen LogP contribution in [0.4, 0.5) is 5.82 Å². The monoisotopic (exact) mass is 263 g/mol. The Labute approximate surface area is 110 Å². The molecule has 0 fully saturated rings. The summed E-state index contributed by atoms with van der Waals surface area (Å²) >= 11 is 0. The highest BCUT2D eigenvalue weighted by Crippen LogP contribution is 2.14. The summed E-state index contributed by atoms with van der Waals surface area (Å²) in [6.45, 7) is 3.87. The number of nitrogens with zero attached hydrogens (tertiary/aromatic N) is 4. The molecule has 0 aromatic carbocycles. The Morgan fingerprint density at radius 1 is 1.53 bits per heavy atom. The van der Waals surface area contributed by atoms with Gasteiger partial charge < -0.3 is 10.4 Å². The fourth-order valence-corrected chi connectivity index (χ4v) is 1.91. The molecule has 2 N–H and O–H groups in total. The van der Waals surface area contributed by atoms with E-state index < -0.39 is 5.97 Å². The maximum absolute atomic E-state index is 10.5. The zero-order chi connectivity index (χ0) is 13.8. The lowest BCUT2D eigenvalue weighted by Crippen LogP contribution is -2.17. The van der Waals surface area contributed by atoms with E-state index in [2.05, 4.69) is 20.5 Å². The number of aryl methyl sites for hydroxylation is 1. The first-order chi connectivity index (χ1) is 9.08. The number of carbonyl (C=O) groups is 1. The third-order valence-corrected chi connectivity index (χ3v) is 2.91. The molecular weight excluding hydrogens is 246 g/mol. The summed E-state index contributed by atoms with van der Waals surface area (Å²) in [4.78, 5) is 14.7. The van der Waals surface area contributed by atoms with Gasteiger partial charge in [0.05, 0.1) is 0 Å². The second kappa shape index (κ2) is 5.64. The van der Waals surface area contributed by atoms with Crippen molar-refractivity contribution in [1.29, 1.82) is 0 Å². The van der Waals surface area contributed by atoms with Gasteiger partial charge in [-0.2, -0.15) is 0 Å². The fourth-order valence-electron chi connectivity index (χ4n) is 1.91. The minimum Gasteiger partial charge on any atom is -0.481 e. The number of carboxylic acid groups (broad SMARTS) is 1. The van der Waals surface area contributed by atoms with Gasteiger partial charge in [0, 0.05) is 24.9 Å². The molecule has 1 unspecified atom stereocenters. The largest absolute Gasteiger partial charge is 0.481 e. The van der Waals surface area contributed by atoms with E-state index in [1.807, 2.05) is 24.4 Å². The topological polar surface area (TPSA) is 92.4 Å². The zero-order valence-electron chi connectivity index (χ0n) is 11.0. The Hall–Kier alpha value is -2.18. The van der Waals surface area contributed by atoms with Crippen LogP contribution in [0.1, 0.15) is 32.0 Å². The number of aromatic nitrogens is 4. The van der Waals surface area contributed by atoms with Gasteiger partial charge in [-0.05, 0) is 26.7 Å². The van der Waals surface area contributed by atoms with Gasteiger partial charge in [0.2, 0.25) is 5.65 Å². The number of carboxylic acids is 1. The van der Waals surface area contributed by atoms with Gasteiger partial charge in [-0.15, -0.1) is 10.2 Å². The van der Waals surface area contributed by atoms with Gasteiger partial charge in [-0.25, -0.2) is 4.98 Å². The van der Waals surface area contributed by atoms with Crippen molar-refractivity contribution >= 4 is 17.4 Å². The number of hydrogen-bond acceptors (Lipinski definition) is 5. The molecule has 0 saturated heterocycles. The molecule has 19 heavy (non-hydrogen) atoms. The third-order valence-electron chi connectivity index (χ3n) is 2.91. The molecule has 2 rings (SSSR count). The molecule has 0 aliphatic rings. The summed E-state index contributed by atoms with van der Waals surface area (Å²) in [5.41, 5.74) is 0.685. The van der Waals surface area contributed by atoms with Crippen LogP contribution < -0.4 is 5.32 Å². The molecule has 2 aromatic rings. The van der Waals surface area contributed by atoms with Gasteiger partial charge in [0.25, 0.3) is 0 Å². The predicted octanol–water partition coefficient (Wildman–Crippen LogP) is 1.49. The van der Waals surface area contributed by atoms with Gasteiger partial charge >= 0.3 is 5.97 Å². The van der Waals surface area contributed by atoms with Crippen LogP contribution >= 0.6 is 0 Å². The average Bonchev–Trinajstić information content (AvgIpc) is 2.72. The van der Waals surface area contributed by atoms with Crippen LogP contribution in [0.25, 0.3) is 5.65 Å². The van der Waals surface area contributed by atoms with E-state index in [9.17, 15) is 4.79 Å². The molecule has 7 nitrogen and oxygen atoms in total. The number of aliphatic carboxylic acids is 1. The van der Waals surface area contributed by atoms with Crippen molar-refractivity contribution in [2.75, 3.05) is 5.32 Å². The summed E-state index contributed by atoms with van der Waals surface area (Å²) in [7, 11) is 0. The molecule has 0 amide bonds. The van der Waals surface area contributed by atoms with Crippen molar-refractivity contribution in [3.63, 3.8) is 0 Å². The van der Waals surface area contributed by atoms with Crippen LogP contribution in [-0.2, 0) is 4.79 Å². The summed E-state index contributed by atoms with van der Waals surface area (Å²) < 4.78 is 1.86. The summed E-state index contributed by atoms with van der Waals surface area (Å²) in [5, 5.41) is 19.9. The Morgan fingerprint density at radius 2 is 2.32 bits per heavy atom. The van der Waals surface area contributed by atoms with Gasteiger partial charge in [-0.1, -0.05) is 0 Å². The standard InChI is InChI=1S/C12H17N5O2/c1-8(4-3-5-10(18)19)14-11-12-16-15-9(2)17(12)7-6-13-11/h6-8H,3-5H2,1-2H3,(H,13,14)(H,18,19). The van der Waals surface area contributed by atoms with Crippen LogP contribution in [0.5, 0.6) is 0 Å². The molecule has 2 aromatic heterocycles. The van der Waals surface area contributed by atoms with Crippen LogP contribution in [0.2, 0.25) is 0 Å². The first-order valence-electron chi connectivity index (χ1n) is 6.22. The molecule has 0 saturated carbocycles.